The van der Waals surface area contributed by atoms with E-state index in [4.69, 9.17) is 22.7 Å². The second-order valence-electron chi connectivity index (χ2n) is 3.06. The molecule has 16 heavy (non-hydrogen) atoms. The molecule has 1 aromatic heterocycles. The van der Waals surface area contributed by atoms with Crippen molar-refractivity contribution in [3.63, 3.8) is 0 Å². The molecule has 0 bridgehead atoms. The second-order valence-corrected chi connectivity index (χ2v) is 3.43. The first-order chi connectivity index (χ1) is 7.74. The topological polar surface area (TPSA) is 76.8 Å². The predicted octanol–water partition coefficient (Wildman–Crippen LogP) is 1.70. The van der Waals surface area contributed by atoms with E-state index in [1.807, 2.05) is 30.3 Å². The maximum absolute atomic E-state index is 5.50. The fraction of sp³-hybridized carbons (Fsp3) is 0.100. The van der Waals surface area contributed by atoms with Crippen molar-refractivity contribution in [1.29, 1.82) is 0 Å². The van der Waals surface area contributed by atoms with Crippen LogP contribution in [-0.2, 0) is 6.61 Å². The van der Waals surface area contributed by atoms with Gasteiger partial charge in [-0.15, -0.1) is 0 Å². The monoisotopic (exact) mass is 234 g/mol. The Morgan fingerprint density at radius 2 is 2.00 bits per heavy atom. The number of nitrogens with one attached hydrogen (secondary N) is 1. The summed E-state index contributed by atoms with van der Waals surface area (Å²) >= 11 is 4.84. The van der Waals surface area contributed by atoms with Gasteiger partial charge >= 0.3 is 0 Å². The summed E-state index contributed by atoms with van der Waals surface area (Å²) in [6, 6.07) is 9.43. The Labute approximate surface area is 97.3 Å². The Balaban J connectivity index is 2.08. The number of nitrogens with two attached hydrogens (primary N) is 1. The molecule has 82 valence electrons. The molecule has 0 amide bonds. The van der Waals surface area contributed by atoms with Gasteiger partial charge in [0.05, 0.1) is 0 Å². The average molecular weight is 234 g/mol. The van der Waals surface area contributed by atoms with Gasteiger partial charge in [-0.1, -0.05) is 18.2 Å². The Hall–Kier alpha value is -1.95. The fourth-order valence-electron chi connectivity index (χ4n) is 1.18. The van der Waals surface area contributed by atoms with Gasteiger partial charge in [-0.2, -0.15) is 4.98 Å². The number of hydrogen-bond donors (Lipinski definition) is 2. The van der Waals surface area contributed by atoms with Crippen molar-refractivity contribution in [2.24, 2.45) is 0 Å². The van der Waals surface area contributed by atoms with E-state index in [1.54, 1.807) is 0 Å². The molecule has 0 atom stereocenters. The first-order valence-electron chi connectivity index (χ1n) is 4.64. The van der Waals surface area contributed by atoms with Crippen LogP contribution in [0.2, 0.25) is 0 Å². The largest absolute Gasteiger partial charge is 0.486 e. The molecule has 0 aliphatic heterocycles. The minimum absolute atomic E-state index is 0.211. The van der Waals surface area contributed by atoms with Crippen molar-refractivity contribution in [2.45, 2.75) is 6.61 Å². The zero-order valence-electron chi connectivity index (χ0n) is 8.38. The molecule has 1 heterocycles. The molecule has 2 aromatic rings. The number of aromatic amines is 1. The van der Waals surface area contributed by atoms with E-state index >= 15 is 0 Å². The molecular weight excluding hydrogens is 224 g/mol. The summed E-state index contributed by atoms with van der Waals surface area (Å²) in [7, 11) is 0. The number of nitrogen functional groups attached to an aromatic ring is 1. The van der Waals surface area contributed by atoms with Gasteiger partial charge in [-0.25, -0.2) is 4.98 Å². The van der Waals surface area contributed by atoms with Gasteiger partial charge in [0.1, 0.15) is 18.2 Å². The van der Waals surface area contributed by atoms with Crippen LogP contribution in [0.1, 0.15) is 5.82 Å². The van der Waals surface area contributed by atoms with Crippen LogP contribution in [0.15, 0.2) is 30.3 Å². The minimum Gasteiger partial charge on any atom is -0.486 e. The molecule has 0 fully saturated rings. The molecule has 1 aromatic carbocycles. The van der Waals surface area contributed by atoms with E-state index in [2.05, 4.69) is 15.0 Å². The lowest BCUT2D eigenvalue weighted by Crippen LogP contribution is -2.06. The first-order valence-corrected chi connectivity index (χ1v) is 5.05. The Kier molecular flexibility index (Phi) is 3.11. The predicted molar refractivity (Wildman–Crippen MR) is 62.4 cm³/mol. The van der Waals surface area contributed by atoms with Gasteiger partial charge in [0.2, 0.25) is 10.7 Å². The van der Waals surface area contributed by atoms with Gasteiger partial charge in [-0.3, -0.25) is 0 Å². The summed E-state index contributed by atoms with van der Waals surface area (Å²) in [5, 5.41) is 0. The van der Waals surface area contributed by atoms with Crippen LogP contribution in [0, 0.1) is 4.77 Å². The van der Waals surface area contributed by atoms with Crippen molar-refractivity contribution in [1.82, 2.24) is 15.0 Å². The lowest BCUT2D eigenvalue weighted by atomic mass is 10.3. The number of ether oxygens (including phenoxy) is 1. The Morgan fingerprint density at radius 3 is 2.69 bits per heavy atom. The van der Waals surface area contributed by atoms with E-state index in [1.165, 1.54) is 0 Å². The number of nitrogens with zero attached hydrogens (tertiary/aromatic N) is 2. The summed E-state index contributed by atoms with van der Waals surface area (Å²) in [6.07, 6.45) is 0. The van der Waals surface area contributed by atoms with E-state index in [-0.39, 0.29) is 17.3 Å². The van der Waals surface area contributed by atoms with E-state index in [0.29, 0.717) is 5.82 Å². The molecule has 0 unspecified atom stereocenters. The Morgan fingerprint density at radius 1 is 1.25 bits per heavy atom. The van der Waals surface area contributed by atoms with E-state index < -0.39 is 0 Å². The van der Waals surface area contributed by atoms with Crippen molar-refractivity contribution < 1.29 is 4.74 Å². The zero-order valence-corrected chi connectivity index (χ0v) is 9.20. The minimum atomic E-state index is 0.211. The SMILES string of the molecule is Nc1nc(=S)nc(COc2ccccc2)[nH]1. The lowest BCUT2D eigenvalue weighted by molar-refractivity contribution is 0.295. The molecule has 0 saturated heterocycles. The number of H-pyrrole nitrogens is 1. The maximum atomic E-state index is 5.50. The number of anilines is 1. The Bertz CT molecular complexity index is 526. The highest BCUT2D eigenvalue weighted by atomic mass is 32.1. The molecule has 0 radical (unpaired) electrons. The summed E-state index contributed by atoms with van der Waals surface area (Å²) in [5.74, 6) is 1.56. The van der Waals surface area contributed by atoms with Gasteiger partial charge in [0, 0.05) is 0 Å². The third-order valence-electron chi connectivity index (χ3n) is 1.84. The molecule has 2 rings (SSSR count). The van der Waals surface area contributed by atoms with Gasteiger partial charge in [0.25, 0.3) is 0 Å². The summed E-state index contributed by atoms with van der Waals surface area (Å²) in [4.78, 5) is 10.5. The maximum Gasteiger partial charge on any atom is 0.224 e. The van der Waals surface area contributed by atoms with Crippen LogP contribution in [-0.4, -0.2) is 15.0 Å². The number of aromatic nitrogens is 3. The number of hydrogen-bond acceptors (Lipinski definition) is 5. The number of para-hydroxylation sites is 1. The smallest absolute Gasteiger partial charge is 0.224 e. The highest BCUT2D eigenvalue weighted by Crippen LogP contribution is 2.09. The van der Waals surface area contributed by atoms with Crippen LogP contribution < -0.4 is 10.5 Å². The second kappa shape index (κ2) is 4.71. The van der Waals surface area contributed by atoms with Crippen molar-refractivity contribution in [3.05, 3.63) is 40.9 Å². The van der Waals surface area contributed by atoms with Crippen LogP contribution >= 0.6 is 12.2 Å². The summed E-state index contributed by atoms with van der Waals surface area (Å²) in [5.41, 5.74) is 5.50. The quantitative estimate of drug-likeness (QED) is 0.790. The van der Waals surface area contributed by atoms with Gasteiger partial charge in [-0.05, 0) is 24.4 Å². The van der Waals surface area contributed by atoms with Gasteiger partial charge in [0.15, 0.2) is 0 Å². The molecule has 6 heteroatoms. The molecule has 0 aliphatic rings. The number of rotatable bonds is 3. The highest BCUT2D eigenvalue weighted by Gasteiger charge is 1.99. The summed E-state index contributed by atoms with van der Waals surface area (Å²) in [6.45, 7) is 0.278. The third kappa shape index (κ3) is 2.77. The molecule has 3 N–H and O–H groups in total. The van der Waals surface area contributed by atoms with Crippen molar-refractivity contribution in [3.8, 4) is 5.75 Å². The normalized spacial score (nSPS) is 10.0. The van der Waals surface area contributed by atoms with E-state index in [9.17, 15) is 0 Å². The standard InChI is InChI=1S/C10H10N4OS/c11-9-12-8(13-10(16)14-9)6-15-7-4-2-1-3-5-7/h1-5H,6H2,(H3,11,12,13,14,16). The third-order valence-corrected chi connectivity index (χ3v) is 2.02. The molecule has 5 nitrogen and oxygen atoms in total. The fourth-order valence-corrected chi connectivity index (χ4v) is 1.39. The van der Waals surface area contributed by atoms with Crippen LogP contribution in [0.25, 0.3) is 0 Å². The van der Waals surface area contributed by atoms with Crippen LogP contribution in [0.4, 0.5) is 5.95 Å². The van der Waals surface area contributed by atoms with Gasteiger partial charge < -0.3 is 15.5 Å². The van der Waals surface area contributed by atoms with Crippen molar-refractivity contribution in [2.75, 3.05) is 5.73 Å². The molecule has 0 saturated carbocycles. The first kappa shape index (κ1) is 10.6. The molecule has 0 spiro atoms. The zero-order chi connectivity index (χ0) is 11.4. The average Bonchev–Trinajstić information content (AvgIpc) is 2.27. The summed E-state index contributed by atoms with van der Waals surface area (Å²) < 4.78 is 5.69. The van der Waals surface area contributed by atoms with E-state index in [0.717, 1.165) is 5.75 Å². The van der Waals surface area contributed by atoms with Crippen LogP contribution in [0.3, 0.4) is 0 Å². The molecular formula is C10H10N4OS. The lowest BCUT2D eigenvalue weighted by Gasteiger charge is -2.05. The highest BCUT2D eigenvalue weighted by molar-refractivity contribution is 7.71. The van der Waals surface area contributed by atoms with Crippen LogP contribution in [0.5, 0.6) is 5.75 Å². The van der Waals surface area contributed by atoms with Crippen molar-refractivity contribution >= 4 is 18.2 Å². The number of benzene rings is 1. The molecule has 0 aliphatic carbocycles.